The van der Waals surface area contributed by atoms with E-state index in [9.17, 15) is 10.1 Å². The van der Waals surface area contributed by atoms with Crippen molar-refractivity contribution in [3.05, 3.63) is 89.5 Å². The first kappa shape index (κ1) is 25.4. The van der Waals surface area contributed by atoms with Gasteiger partial charge in [0.25, 0.3) is 5.91 Å². The summed E-state index contributed by atoms with van der Waals surface area (Å²) in [5, 5.41) is 12.4. The van der Waals surface area contributed by atoms with Crippen molar-refractivity contribution < 1.29 is 14.3 Å². The third-order valence-corrected chi connectivity index (χ3v) is 5.43. The van der Waals surface area contributed by atoms with Crippen molar-refractivity contribution in [1.29, 1.82) is 5.26 Å². The summed E-state index contributed by atoms with van der Waals surface area (Å²) in [6, 6.07) is 24.8. The second kappa shape index (κ2) is 12.9. The molecule has 0 fully saturated rings. The van der Waals surface area contributed by atoms with Gasteiger partial charge in [-0.05, 0) is 74.4 Å². The number of hydrogen-bond donors (Lipinski definition) is 1. The molecule has 3 aromatic rings. The summed E-state index contributed by atoms with van der Waals surface area (Å²) in [5.74, 6) is 0.691. The van der Waals surface area contributed by atoms with Gasteiger partial charge in [-0.25, -0.2) is 0 Å². The molecule has 0 aliphatic heterocycles. The molecule has 180 valence electrons. The van der Waals surface area contributed by atoms with Gasteiger partial charge in [-0.1, -0.05) is 36.4 Å². The van der Waals surface area contributed by atoms with Gasteiger partial charge in [0.15, 0.2) is 11.5 Å². The molecule has 1 N–H and O–H groups in total. The highest BCUT2D eigenvalue weighted by Gasteiger charge is 2.12. The van der Waals surface area contributed by atoms with Crippen molar-refractivity contribution in [3.8, 4) is 17.6 Å². The summed E-state index contributed by atoms with van der Waals surface area (Å²) < 4.78 is 11.7. The van der Waals surface area contributed by atoms with E-state index >= 15 is 0 Å². The van der Waals surface area contributed by atoms with Crippen LogP contribution in [-0.4, -0.2) is 25.6 Å². The number of rotatable bonds is 11. The summed E-state index contributed by atoms with van der Waals surface area (Å²) in [5.41, 5.74) is 3.43. The summed E-state index contributed by atoms with van der Waals surface area (Å²) >= 11 is 0. The normalized spacial score (nSPS) is 10.9. The van der Waals surface area contributed by atoms with Crippen molar-refractivity contribution in [2.24, 2.45) is 0 Å². The molecule has 0 unspecified atom stereocenters. The molecule has 6 heteroatoms. The molecule has 3 aromatic carbocycles. The predicted octanol–water partition coefficient (Wildman–Crippen LogP) is 6.06. The topological polar surface area (TPSA) is 74.6 Å². The Morgan fingerprint density at radius 1 is 0.943 bits per heavy atom. The maximum Gasteiger partial charge on any atom is 0.266 e. The molecule has 1 amide bonds. The van der Waals surface area contributed by atoms with Crippen LogP contribution in [0.1, 0.15) is 31.9 Å². The van der Waals surface area contributed by atoms with Crippen LogP contribution in [0, 0.1) is 11.3 Å². The van der Waals surface area contributed by atoms with E-state index in [1.54, 1.807) is 24.3 Å². The highest BCUT2D eigenvalue weighted by atomic mass is 16.5. The summed E-state index contributed by atoms with van der Waals surface area (Å²) in [7, 11) is 0. The van der Waals surface area contributed by atoms with Gasteiger partial charge in [-0.3, -0.25) is 4.79 Å². The Labute approximate surface area is 207 Å². The van der Waals surface area contributed by atoms with E-state index in [1.165, 1.54) is 0 Å². The average molecular weight is 470 g/mol. The van der Waals surface area contributed by atoms with Crippen LogP contribution < -0.4 is 19.7 Å². The molecule has 0 spiro atoms. The fraction of sp³-hybridized carbons (Fsp3) is 0.241. The average Bonchev–Trinajstić information content (AvgIpc) is 2.89. The third kappa shape index (κ3) is 7.12. The first-order valence-electron chi connectivity index (χ1n) is 11.8. The van der Waals surface area contributed by atoms with Crippen LogP contribution in [0.3, 0.4) is 0 Å². The van der Waals surface area contributed by atoms with Crippen LogP contribution in [0.2, 0.25) is 0 Å². The second-order valence-corrected chi connectivity index (χ2v) is 7.76. The van der Waals surface area contributed by atoms with Gasteiger partial charge >= 0.3 is 0 Å². The Morgan fingerprint density at radius 3 is 2.29 bits per heavy atom. The van der Waals surface area contributed by atoms with E-state index in [0.717, 1.165) is 24.3 Å². The van der Waals surface area contributed by atoms with Gasteiger partial charge in [0.05, 0.1) is 6.61 Å². The molecule has 35 heavy (non-hydrogen) atoms. The summed E-state index contributed by atoms with van der Waals surface area (Å²) in [4.78, 5) is 15.0. The maximum atomic E-state index is 12.7. The minimum atomic E-state index is -0.467. The quantitative estimate of drug-likeness (QED) is 0.273. The lowest BCUT2D eigenvalue weighted by Gasteiger charge is -2.21. The second-order valence-electron chi connectivity index (χ2n) is 7.76. The molecule has 0 aromatic heterocycles. The largest absolute Gasteiger partial charge is 0.490 e. The summed E-state index contributed by atoms with van der Waals surface area (Å²) in [6.45, 7) is 8.78. The highest BCUT2D eigenvalue weighted by molar-refractivity contribution is 6.09. The van der Waals surface area contributed by atoms with Gasteiger partial charge in [-0.15, -0.1) is 0 Å². The smallest absolute Gasteiger partial charge is 0.266 e. The van der Waals surface area contributed by atoms with Gasteiger partial charge in [0.2, 0.25) is 0 Å². The highest BCUT2D eigenvalue weighted by Crippen LogP contribution is 2.30. The zero-order valence-corrected chi connectivity index (χ0v) is 20.5. The lowest BCUT2D eigenvalue weighted by Crippen LogP contribution is -2.21. The van der Waals surface area contributed by atoms with Crippen molar-refractivity contribution >= 4 is 23.4 Å². The molecule has 0 bridgehead atoms. The zero-order chi connectivity index (χ0) is 25.0. The van der Waals surface area contributed by atoms with Crippen molar-refractivity contribution in [2.45, 2.75) is 27.4 Å². The SMILES string of the molecule is CCOc1cc(/C=C(/C#N)C(=O)Nc2ccc(N(CC)CC)cc2)ccc1OCc1ccccc1. The first-order valence-corrected chi connectivity index (χ1v) is 11.8. The van der Waals surface area contributed by atoms with E-state index in [-0.39, 0.29) is 5.57 Å². The minimum Gasteiger partial charge on any atom is -0.490 e. The molecule has 0 heterocycles. The molecule has 3 rings (SSSR count). The Balaban J connectivity index is 1.73. The van der Waals surface area contributed by atoms with E-state index in [4.69, 9.17) is 9.47 Å². The number of amides is 1. The molecular weight excluding hydrogens is 438 g/mol. The number of benzene rings is 3. The van der Waals surface area contributed by atoms with Gasteiger partial charge < -0.3 is 19.7 Å². The molecule has 0 aliphatic carbocycles. The van der Waals surface area contributed by atoms with Gasteiger partial charge in [0, 0.05) is 24.5 Å². The Bertz CT molecular complexity index is 1180. The Morgan fingerprint density at radius 2 is 1.66 bits per heavy atom. The Hall–Kier alpha value is -4.24. The molecule has 0 radical (unpaired) electrons. The number of anilines is 2. The van der Waals surface area contributed by atoms with E-state index < -0.39 is 5.91 Å². The lowest BCUT2D eigenvalue weighted by molar-refractivity contribution is -0.112. The van der Waals surface area contributed by atoms with Crippen LogP contribution in [0.15, 0.2) is 78.4 Å². The van der Waals surface area contributed by atoms with E-state index in [0.29, 0.717) is 36.0 Å². The maximum absolute atomic E-state index is 12.7. The number of hydrogen-bond acceptors (Lipinski definition) is 5. The molecule has 0 aliphatic rings. The molecule has 6 nitrogen and oxygen atoms in total. The van der Waals surface area contributed by atoms with Gasteiger partial charge in [-0.2, -0.15) is 5.26 Å². The number of ether oxygens (including phenoxy) is 2. The number of nitrogens with one attached hydrogen (secondary N) is 1. The van der Waals surface area contributed by atoms with E-state index in [1.807, 2.05) is 67.6 Å². The van der Waals surface area contributed by atoms with Crippen LogP contribution in [-0.2, 0) is 11.4 Å². The number of carbonyl (C=O) groups is 1. The van der Waals surface area contributed by atoms with Gasteiger partial charge in [0.1, 0.15) is 18.2 Å². The molecular formula is C29H31N3O3. The fourth-order valence-corrected chi connectivity index (χ4v) is 3.60. The number of nitrogens with zero attached hydrogens (tertiary/aromatic N) is 2. The standard InChI is InChI=1S/C29H31N3O3/c1-4-32(5-2)26-15-13-25(14-16-26)31-29(33)24(20-30)18-23-12-17-27(28(19-23)34-6-3)35-21-22-10-8-7-9-11-22/h7-19H,4-6,21H2,1-3H3,(H,31,33)/b24-18-. The van der Waals surface area contributed by atoms with Crippen molar-refractivity contribution in [2.75, 3.05) is 29.9 Å². The van der Waals surface area contributed by atoms with Crippen LogP contribution in [0.25, 0.3) is 6.08 Å². The third-order valence-electron chi connectivity index (χ3n) is 5.43. The Kier molecular flexibility index (Phi) is 9.32. The number of carbonyl (C=O) groups excluding carboxylic acids is 1. The van der Waals surface area contributed by atoms with Crippen molar-refractivity contribution in [1.82, 2.24) is 0 Å². The van der Waals surface area contributed by atoms with Crippen LogP contribution in [0.4, 0.5) is 11.4 Å². The van der Waals surface area contributed by atoms with Crippen molar-refractivity contribution in [3.63, 3.8) is 0 Å². The zero-order valence-electron chi connectivity index (χ0n) is 20.5. The molecule has 0 saturated heterocycles. The molecule has 0 atom stereocenters. The first-order chi connectivity index (χ1) is 17.1. The van der Waals surface area contributed by atoms with Crippen LogP contribution in [0.5, 0.6) is 11.5 Å². The fourth-order valence-electron chi connectivity index (χ4n) is 3.60. The molecule has 0 saturated carbocycles. The number of nitriles is 1. The monoisotopic (exact) mass is 469 g/mol. The van der Waals surface area contributed by atoms with Crippen LogP contribution >= 0.6 is 0 Å². The van der Waals surface area contributed by atoms with E-state index in [2.05, 4.69) is 24.1 Å². The minimum absolute atomic E-state index is 0.00165. The summed E-state index contributed by atoms with van der Waals surface area (Å²) in [6.07, 6.45) is 1.54. The predicted molar refractivity (Wildman–Crippen MR) is 141 cm³/mol. The lowest BCUT2D eigenvalue weighted by atomic mass is 10.1.